The molecule has 1 amide bonds. The lowest BCUT2D eigenvalue weighted by atomic mass is 9.90. The second-order valence-corrected chi connectivity index (χ2v) is 7.45. The number of rotatable bonds is 9. The highest BCUT2D eigenvalue weighted by molar-refractivity contribution is 5.90. The van der Waals surface area contributed by atoms with Crippen molar-refractivity contribution in [3.8, 4) is 0 Å². The molecule has 2 aliphatic carbocycles. The highest BCUT2D eigenvalue weighted by atomic mass is 19.2. The van der Waals surface area contributed by atoms with Crippen LogP contribution in [0.4, 0.5) is 13.6 Å². The van der Waals surface area contributed by atoms with Crippen LogP contribution in [0.1, 0.15) is 18.4 Å². The Kier molecular flexibility index (Phi) is 6.72. The topological polar surface area (TPSA) is 90.9 Å². The molecule has 0 heterocycles. The van der Waals surface area contributed by atoms with E-state index in [1.165, 1.54) is 24.3 Å². The minimum Gasteiger partial charge on any atom is -0.461 e. The number of carbonyl (C=O) groups excluding carboxylic acids is 3. The SMILES string of the molecule is C=CCOC(=O)N[C@@]1(C(=O)OCc2cccc(F)c2F)CC[C@H]2[C@H](C(=O)OCC=C)[C@H]21. The van der Waals surface area contributed by atoms with Gasteiger partial charge in [0.2, 0.25) is 0 Å². The van der Waals surface area contributed by atoms with Crippen LogP contribution in [0, 0.1) is 29.4 Å². The summed E-state index contributed by atoms with van der Waals surface area (Å²) in [5.41, 5.74) is -1.69. The number of nitrogens with one attached hydrogen (secondary N) is 1. The van der Waals surface area contributed by atoms with Crippen LogP contribution >= 0.6 is 0 Å². The number of carbonyl (C=O) groups is 3. The third-order valence-corrected chi connectivity index (χ3v) is 5.64. The van der Waals surface area contributed by atoms with E-state index in [9.17, 15) is 23.2 Å². The molecule has 0 unspecified atom stereocenters. The fraction of sp³-hybridized carbons (Fsp3) is 0.409. The number of fused-ring (bicyclic) bond motifs is 1. The minimum absolute atomic E-state index is 0.0277. The van der Waals surface area contributed by atoms with E-state index in [1.807, 2.05) is 0 Å². The van der Waals surface area contributed by atoms with Gasteiger partial charge in [-0.2, -0.15) is 0 Å². The molecule has 1 aromatic rings. The highest BCUT2D eigenvalue weighted by Gasteiger charge is 2.72. The Morgan fingerprint density at radius 1 is 1.13 bits per heavy atom. The normalized spacial score (nSPS) is 25.7. The first-order valence-corrected chi connectivity index (χ1v) is 9.79. The maximum absolute atomic E-state index is 13.9. The molecule has 2 fully saturated rings. The standard InChI is InChI=1S/C22H23F2NO6/c1-3-10-29-19(26)16-14-8-9-22(17(14)16,25-21(28)30-11-4-2)20(27)31-12-13-6-5-7-15(23)18(13)24/h3-7,14,16-17H,1-2,8-12H2,(H,25,28)/t14-,16-,17-,22-/m0/s1. The van der Waals surface area contributed by atoms with Crippen LogP contribution in [-0.4, -0.2) is 36.8 Å². The van der Waals surface area contributed by atoms with Gasteiger partial charge in [0.15, 0.2) is 11.6 Å². The van der Waals surface area contributed by atoms with Crippen LogP contribution in [0.2, 0.25) is 0 Å². The molecule has 0 bridgehead atoms. The highest BCUT2D eigenvalue weighted by Crippen LogP contribution is 2.63. The van der Waals surface area contributed by atoms with E-state index in [1.54, 1.807) is 0 Å². The summed E-state index contributed by atoms with van der Waals surface area (Å²) in [4.78, 5) is 37.6. The molecule has 1 aromatic carbocycles. The van der Waals surface area contributed by atoms with Crippen molar-refractivity contribution in [2.45, 2.75) is 25.0 Å². The lowest BCUT2D eigenvalue weighted by Gasteiger charge is -2.30. The fourth-order valence-corrected chi connectivity index (χ4v) is 4.24. The molecule has 0 radical (unpaired) electrons. The molecule has 166 valence electrons. The Hall–Kier alpha value is -3.23. The smallest absolute Gasteiger partial charge is 0.408 e. The van der Waals surface area contributed by atoms with Crippen molar-refractivity contribution in [3.05, 3.63) is 60.7 Å². The van der Waals surface area contributed by atoms with Gasteiger partial charge in [-0.05, 0) is 24.8 Å². The second kappa shape index (κ2) is 9.28. The molecule has 2 aliphatic rings. The van der Waals surface area contributed by atoms with Crippen molar-refractivity contribution in [1.82, 2.24) is 5.32 Å². The maximum atomic E-state index is 13.9. The van der Waals surface area contributed by atoms with Crippen LogP contribution in [-0.2, 0) is 30.4 Å². The summed E-state index contributed by atoms with van der Waals surface area (Å²) in [5, 5.41) is 2.54. The van der Waals surface area contributed by atoms with Gasteiger partial charge < -0.3 is 19.5 Å². The third-order valence-electron chi connectivity index (χ3n) is 5.64. The lowest BCUT2D eigenvalue weighted by Crippen LogP contribution is -2.56. The number of benzene rings is 1. The molecule has 2 saturated carbocycles. The molecule has 4 atom stereocenters. The average Bonchev–Trinajstić information content (AvgIpc) is 3.38. The number of esters is 2. The predicted molar refractivity (Wildman–Crippen MR) is 104 cm³/mol. The fourth-order valence-electron chi connectivity index (χ4n) is 4.24. The van der Waals surface area contributed by atoms with Gasteiger partial charge in [0, 0.05) is 11.5 Å². The van der Waals surface area contributed by atoms with Crippen LogP contribution in [0.15, 0.2) is 43.5 Å². The van der Waals surface area contributed by atoms with Crippen LogP contribution in [0.25, 0.3) is 0 Å². The molecule has 0 spiro atoms. The second-order valence-electron chi connectivity index (χ2n) is 7.45. The van der Waals surface area contributed by atoms with Crippen molar-refractivity contribution in [2.24, 2.45) is 17.8 Å². The summed E-state index contributed by atoms with van der Waals surface area (Å²) < 4.78 is 42.6. The summed E-state index contributed by atoms with van der Waals surface area (Å²) in [6, 6.07) is 3.53. The van der Waals surface area contributed by atoms with E-state index in [0.29, 0.717) is 6.42 Å². The first-order chi connectivity index (χ1) is 14.9. The first-order valence-electron chi connectivity index (χ1n) is 9.79. The van der Waals surface area contributed by atoms with Gasteiger partial charge in [0.05, 0.1) is 5.92 Å². The van der Waals surface area contributed by atoms with E-state index in [4.69, 9.17) is 14.2 Å². The van der Waals surface area contributed by atoms with E-state index >= 15 is 0 Å². The van der Waals surface area contributed by atoms with Crippen molar-refractivity contribution in [2.75, 3.05) is 13.2 Å². The minimum atomic E-state index is -1.54. The van der Waals surface area contributed by atoms with Gasteiger partial charge >= 0.3 is 18.0 Å². The van der Waals surface area contributed by atoms with Gasteiger partial charge in [-0.15, -0.1) is 0 Å². The molecule has 31 heavy (non-hydrogen) atoms. The summed E-state index contributed by atoms with van der Waals surface area (Å²) >= 11 is 0. The monoisotopic (exact) mass is 435 g/mol. The van der Waals surface area contributed by atoms with Crippen molar-refractivity contribution in [3.63, 3.8) is 0 Å². The molecular weight excluding hydrogens is 412 g/mol. The van der Waals surface area contributed by atoms with Crippen LogP contribution < -0.4 is 5.32 Å². The molecule has 0 aromatic heterocycles. The zero-order valence-electron chi connectivity index (χ0n) is 16.8. The molecular formula is C22H23F2NO6. The van der Waals surface area contributed by atoms with Gasteiger partial charge in [0.25, 0.3) is 0 Å². The van der Waals surface area contributed by atoms with Gasteiger partial charge in [0.1, 0.15) is 25.4 Å². The summed E-state index contributed by atoms with van der Waals surface area (Å²) in [6.45, 7) is 6.35. The largest absolute Gasteiger partial charge is 0.461 e. The lowest BCUT2D eigenvalue weighted by molar-refractivity contribution is -0.155. The maximum Gasteiger partial charge on any atom is 0.408 e. The Morgan fingerprint density at radius 2 is 1.84 bits per heavy atom. The van der Waals surface area contributed by atoms with Crippen LogP contribution in [0.5, 0.6) is 0 Å². The number of hydrogen-bond acceptors (Lipinski definition) is 6. The summed E-state index contributed by atoms with van der Waals surface area (Å²) in [5.74, 6) is -4.84. The quantitative estimate of drug-likeness (QED) is 0.364. The Bertz CT molecular complexity index is 904. The number of hydrogen-bond donors (Lipinski definition) is 1. The van der Waals surface area contributed by atoms with E-state index < -0.39 is 53.6 Å². The van der Waals surface area contributed by atoms with Gasteiger partial charge in [-0.1, -0.05) is 37.4 Å². The molecule has 0 saturated heterocycles. The third kappa shape index (κ3) is 4.45. The zero-order valence-corrected chi connectivity index (χ0v) is 16.8. The molecule has 7 nitrogen and oxygen atoms in total. The number of alkyl carbamates (subject to hydrolysis) is 1. The zero-order chi connectivity index (χ0) is 22.6. The number of ether oxygens (including phenoxy) is 3. The Balaban J connectivity index is 1.78. The molecule has 1 N–H and O–H groups in total. The van der Waals surface area contributed by atoms with Crippen molar-refractivity contribution in [1.29, 1.82) is 0 Å². The molecule has 9 heteroatoms. The predicted octanol–water partition coefficient (Wildman–Crippen LogP) is 3.04. The van der Waals surface area contributed by atoms with E-state index in [0.717, 1.165) is 6.07 Å². The number of amides is 1. The summed E-state index contributed by atoms with van der Waals surface area (Å²) in [7, 11) is 0. The van der Waals surface area contributed by atoms with E-state index in [-0.39, 0.29) is 31.1 Å². The molecule has 0 aliphatic heterocycles. The van der Waals surface area contributed by atoms with Crippen molar-refractivity contribution >= 4 is 18.0 Å². The van der Waals surface area contributed by atoms with Gasteiger partial charge in [-0.3, -0.25) is 4.79 Å². The van der Waals surface area contributed by atoms with Crippen LogP contribution in [0.3, 0.4) is 0 Å². The van der Waals surface area contributed by atoms with Gasteiger partial charge in [-0.25, -0.2) is 18.4 Å². The first kappa shape index (κ1) is 22.5. The molecule has 3 rings (SSSR count). The Morgan fingerprint density at radius 3 is 2.55 bits per heavy atom. The van der Waals surface area contributed by atoms with E-state index in [2.05, 4.69) is 18.5 Å². The Labute approximate surface area is 178 Å². The summed E-state index contributed by atoms with van der Waals surface area (Å²) in [6.07, 6.45) is 2.60. The number of halogens is 2. The van der Waals surface area contributed by atoms with Crippen molar-refractivity contribution < 1.29 is 37.4 Å². The average molecular weight is 435 g/mol.